The number of rotatable bonds is 9. The first kappa shape index (κ1) is 23.2. The fourth-order valence-corrected chi connectivity index (χ4v) is 4.34. The summed E-state index contributed by atoms with van der Waals surface area (Å²) >= 11 is 12.7. The Labute approximate surface area is 202 Å². The lowest BCUT2D eigenvalue weighted by Crippen LogP contribution is -2.38. The van der Waals surface area contributed by atoms with Crippen LogP contribution in [-0.4, -0.2) is 22.1 Å². The van der Waals surface area contributed by atoms with Gasteiger partial charge in [0.1, 0.15) is 18.4 Å². The summed E-state index contributed by atoms with van der Waals surface area (Å²) in [5.74, 6) is -0.444. The highest BCUT2D eigenvalue weighted by molar-refractivity contribution is 6.35. The van der Waals surface area contributed by atoms with Gasteiger partial charge in [0.05, 0.1) is 5.02 Å². The molecule has 0 aliphatic carbocycles. The lowest BCUT2D eigenvalue weighted by Gasteiger charge is -2.18. The fourth-order valence-electron chi connectivity index (χ4n) is 3.75. The Morgan fingerprint density at radius 3 is 2.61 bits per heavy atom. The highest BCUT2D eigenvalue weighted by atomic mass is 35.5. The zero-order valence-corrected chi connectivity index (χ0v) is 19.6. The van der Waals surface area contributed by atoms with Crippen LogP contribution in [-0.2, 0) is 24.4 Å². The van der Waals surface area contributed by atoms with Gasteiger partial charge in [-0.05, 0) is 36.2 Å². The molecule has 1 aromatic heterocycles. The lowest BCUT2D eigenvalue weighted by molar-refractivity contribution is -0.139. The Hall–Kier alpha value is -2.99. The number of carbonyl (C=O) groups is 1. The molecule has 0 fully saturated rings. The van der Waals surface area contributed by atoms with Crippen molar-refractivity contribution in [3.05, 3.63) is 99.2 Å². The summed E-state index contributed by atoms with van der Waals surface area (Å²) in [5.41, 5.74) is 4.79. The number of halogens is 2. The van der Waals surface area contributed by atoms with Crippen LogP contribution in [0.5, 0.6) is 5.75 Å². The van der Waals surface area contributed by atoms with Crippen molar-refractivity contribution in [1.82, 2.24) is 10.3 Å². The Bertz CT molecular complexity index is 1270. The number of benzene rings is 3. The summed E-state index contributed by atoms with van der Waals surface area (Å²) in [6.45, 7) is 2.61. The Morgan fingerprint density at radius 2 is 1.85 bits per heavy atom. The van der Waals surface area contributed by atoms with Crippen molar-refractivity contribution in [2.75, 3.05) is 0 Å². The highest BCUT2D eigenvalue weighted by Crippen LogP contribution is 2.33. The number of aryl methyl sites for hydroxylation is 1. The Morgan fingerprint density at radius 1 is 1.09 bits per heavy atom. The molecule has 1 unspecified atom stereocenters. The third-order valence-electron chi connectivity index (χ3n) is 5.53. The van der Waals surface area contributed by atoms with E-state index in [-0.39, 0.29) is 6.54 Å². The van der Waals surface area contributed by atoms with Gasteiger partial charge in [-0.3, -0.25) is 10.1 Å². The van der Waals surface area contributed by atoms with E-state index in [1.165, 1.54) is 5.56 Å². The zero-order valence-electron chi connectivity index (χ0n) is 18.1. The van der Waals surface area contributed by atoms with E-state index in [0.29, 0.717) is 34.4 Å². The van der Waals surface area contributed by atoms with E-state index in [0.717, 1.165) is 22.0 Å². The predicted molar refractivity (Wildman–Crippen MR) is 132 cm³/mol. The molecule has 3 aromatic carbocycles. The Balaban J connectivity index is 1.50. The number of hydrogen-bond donors (Lipinski definition) is 3. The van der Waals surface area contributed by atoms with Crippen molar-refractivity contribution in [3.63, 3.8) is 0 Å². The number of carboxylic acids is 1. The number of nitrogens with one attached hydrogen (secondary N) is 2. The van der Waals surface area contributed by atoms with Gasteiger partial charge in [-0.1, -0.05) is 71.2 Å². The summed E-state index contributed by atoms with van der Waals surface area (Å²) in [7, 11) is 0. The maximum Gasteiger partial charge on any atom is 0.321 e. The molecule has 0 saturated heterocycles. The van der Waals surface area contributed by atoms with E-state index in [4.69, 9.17) is 27.9 Å². The summed E-state index contributed by atoms with van der Waals surface area (Å²) in [4.78, 5) is 15.2. The van der Waals surface area contributed by atoms with Crippen molar-refractivity contribution >= 4 is 40.1 Å². The molecule has 5 nitrogen and oxygen atoms in total. The molecule has 4 aromatic rings. The summed E-state index contributed by atoms with van der Waals surface area (Å²) in [6, 6.07) is 18.4. The van der Waals surface area contributed by atoms with Crippen molar-refractivity contribution in [1.29, 1.82) is 0 Å². The average molecular weight is 483 g/mol. The van der Waals surface area contributed by atoms with Crippen LogP contribution in [0.15, 0.2) is 66.9 Å². The van der Waals surface area contributed by atoms with Crippen LogP contribution in [0.1, 0.15) is 22.3 Å². The third kappa shape index (κ3) is 5.69. The molecule has 1 atom stereocenters. The van der Waals surface area contributed by atoms with Gasteiger partial charge >= 0.3 is 5.97 Å². The monoisotopic (exact) mass is 482 g/mol. The van der Waals surface area contributed by atoms with E-state index in [9.17, 15) is 9.90 Å². The maximum absolute atomic E-state index is 12.0. The Kier molecular flexibility index (Phi) is 7.23. The van der Waals surface area contributed by atoms with Crippen molar-refractivity contribution in [2.45, 2.75) is 32.5 Å². The van der Waals surface area contributed by atoms with Gasteiger partial charge in [0, 0.05) is 40.7 Å². The summed E-state index contributed by atoms with van der Waals surface area (Å²) in [5, 5.41) is 14.8. The molecule has 170 valence electrons. The standard InChI is InChI=1S/C26H24Cl2N2O3/c1-16-6-8-17(9-7-16)15-33-25-19(10-20(27)12-22(25)28)14-30-24(26(31)32)11-18-13-29-23-5-3-2-4-21(18)23/h2-10,12-13,24,29-30H,11,14-15H2,1H3,(H,31,32). The quantitative estimate of drug-likeness (QED) is 0.267. The van der Waals surface area contributed by atoms with Gasteiger partial charge in [-0.15, -0.1) is 0 Å². The van der Waals surface area contributed by atoms with Crippen molar-refractivity contribution in [2.24, 2.45) is 0 Å². The topological polar surface area (TPSA) is 74.3 Å². The van der Waals surface area contributed by atoms with Crippen LogP contribution < -0.4 is 10.1 Å². The molecule has 0 radical (unpaired) electrons. The number of H-pyrrole nitrogens is 1. The molecule has 0 aliphatic rings. The lowest BCUT2D eigenvalue weighted by atomic mass is 10.0. The molecular formula is C26H24Cl2N2O3. The predicted octanol–water partition coefficient (Wildman–Crippen LogP) is 6.15. The molecule has 4 rings (SSSR count). The number of aromatic nitrogens is 1. The highest BCUT2D eigenvalue weighted by Gasteiger charge is 2.21. The second-order valence-electron chi connectivity index (χ2n) is 7.99. The van der Waals surface area contributed by atoms with Crippen molar-refractivity contribution in [3.8, 4) is 5.75 Å². The zero-order chi connectivity index (χ0) is 23.4. The molecule has 0 bridgehead atoms. The third-order valence-corrected chi connectivity index (χ3v) is 6.02. The number of para-hydroxylation sites is 1. The molecule has 0 aliphatic heterocycles. The van der Waals surface area contributed by atoms with E-state index in [1.54, 1.807) is 12.1 Å². The number of ether oxygens (including phenoxy) is 1. The largest absolute Gasteiger partial charge is 0.487 e. The van der Waals surface area contributed by atoms with Crippen LogP contribution in [0, 0.1) is 6.92 Å². The molecule has 0 saturated carbocycles. The number of hydrogen-bond acceptors (Lipinski definition) is 3. The normalized spacial score (nSPS) is 12.1. The summed E-state index contributed by atoms with van der Waals surface area (Å²) < 4.78 is 6.02. The van der Waals surface area contributed by atoms with Crippen LogP contribution in [0.2, 0.25) is 10.0 Å². The minimum absolute atomic E-state index is 0.239. The molecular weight excluding hydrogens is 459 g/mol. The van der Waals surface area contributed by atoms with E-state index < -0.39 is 12.0 Å². The van der Waals surface area contributed by atoms with Gasteiger partial charge in [-0.2, -0.15) is 0 Å². The molecule has 0 spiro atoms. The average Bonchev–Trinajstić information content (AvgIpc) is 3.19. The maximum atomic E-state index is 12.0. The molecule has 7 heteroatoms. The summed E-state index contributed by atoms with van der Waals surface area (Å²) in [6.07, 6.45) is 2.18. The van der Waals surface area contributed by atoms with Gasteiger partial charge in [0.25, 0.3) is 0 Å². The molecule has 1 heterocycles. The van der Waals surface area contributed by atoms with Crippen LogP contribution in [0.4, 0.5) is 0 Å². The number of aromatic amines is 1. The van der Waals surface area contributed by atoms with Crippen LogP contribution in [0.3, 0.4) is 0 Å². The number of fused-ring (bicyclic) bond motifs is 1. The van der Waals surface area contributed by atoms with Gasteiger partial charge < -0.3 is 14.8 Å². The first-order chi connectivity index (χ1) is 15.9. The van der Waals surface area contributed by atoms with Crippen LogP contribution >= 0.6 is 23.2 Å². The number of aliphatic carboxylic acids is 1. The first-order valence-electron chi connectivity index (χ1n) is 10.6. The van der Waals surface area contributed by atoms with E-state index in [1.807, 2.05) is 61.7 Å². The van der Waals surface area contributed by atoms with Gasteiger partial charge in [-0.25, -0.2) is 0 Å². The SMILES string of the molecule is Cc1ccc(COc2c(Cl)cc(Cl)cc2CNC(Cc2c[nH]c3ccccc23)C(=O)O)cc1. The molecule has 3 N–H and O–H groups in total. The minimum Gasteiger partial charge on any atom is -0.487 e. The first-order valence-corrected chi connectivity index (χ1v) is 11.3. The van der Waals surface area contributed by atoms with Crippen LogP contribution in [0.25, 0.3) is 10.9 Å². The minimum atomic E-state index is -0.935. The van der Waals surface area contributed by atoms with Gasteiger partial charge in [0.2, 0.25) is 0 Å². The van der Waals surface area contributed by atoms with E-state index in [2.05, 4.69) is 10.3 Å². The second kappa shape index (κ2) is 10.3. The second-order valence-corrected chi connectivity index (χ2v) is 8.83. The van der Waals surface area contributed by atoms with Gasteiger partial charge in [0.15, 0.2) is 0 Å². The van der Waals surface area contributed by atoms with E-state index >= 15 is 0 Å². The van der Waals surface area contributed by atoms with Crippen molar-refractivity contribution < 1.29 is 14.6 Å². The molecule has 33 heavy (non-hydrogen) atoms. The fraction of sp³-hybridized carbons (Fsp3) is 0.192. The molecule has 0 amide bonds. The smallest absolute Gasteiger partial charge is 0.321 e. The number of carboxylic acid groups (broad SMARTS) is 1.